The first-order valence-corrected chi connectivity index (χ1v) is 9.84. The van der Waals surface area contributed by atoms with Crippen LogP contribution in [0.25, 0.3) is 5.69 Å². The fraction of sp³-hybridized carbons (Fsp3) is 0.524. The Labute approximate surface area is 155 Å². The van der Waals surface area contributed by atoms with Gasteiger partial charge in [-0.15, -0.1) is 0 Å². The first-order valence-electron chi connectivity index (χ1n) is 9.84. The van der Waals surface area contributed by atoms with Gasteiger partial charge in [-0.25, -0.2) is 4.98 Å². The van der Waals surface area contributed by atoms with E-state index in [0.717, 1.165) is 51.1 Å². The Balaban J connectivity index is 1.59. The molecule has 1 saturated heterocycles. The van der Waals surface area contributed by atoms with Crippen molar-refractivity contribution in [3.05, 3.63) is 48.0 Å². The summed E-state index contributed by atoms with van der Waals surface area (Å²) >= 11 is 0. The number of rotatable bonds is 3. The van der Waals surface area contributed by atoms with E-state index in [0.29, 0.717) is 5.91 Å². The summed E-state index contributed by atoms with van der Waals surface area (Å²) in [4.78, 5) is 19.6. The lowest BCUT2D eigenvalue weighted by molar-refractivity contribution is -0.137. The summed E-state index contributed by atoms with van der Waals surface area (Å²) in [5.74, 6) is 1.57. The van der Waals surface area contributed by atoms with Crippen LogP contribution in [0.2, 0.25) is 0 Å². The van der Waals surface area contributed by atoms with Crippen LogP contribution in [0.15, 0.2) is 36.7 Å². The average Bonchev–Trinajstić information content (AvgIpc) is 3.14. The summed E-state index contributed by atoms with van der Waals surface area (Å²) in [5, 5.41) is 3.79. The van der Waals surface area contributed by atoms with Crippen molar-refractivity contribution in [1.29, 1.82) is 0 Å². The molecule has 3 heterocycles. The molecule has 2 aliphatic rings. The van der Waals surface area contributed by atoms with Gasteiger partial charge in [-0.1, -0.05) is 32.0 Å². The van der Waals surface area contributed by atoms with E-state index in [4.69, 9.17) is 4.98 Å². The summed E-state index contributed by atoms with van der Waals surface area (Å²) in [6, 6.07) is 8.51. The second kappa shape index (κ2) is 6.88. The monoisotopic (exact) mass is 352 g/mol. The van der Waals surface area contributed by atoms with Gasteiger partial charge in [-0.2, -0.15) is 0 Å². The molecule has 1 aromatic heterocycles. The van der Waals surface area contributed by atoms with Gasteiger partial charge in [0.15, 0.2) is 0 Å². The van der Waals surface area contributed by atoms with Gasteiger partial charge in [0.05, 0.1) is 11.2 Å². The van der Waals surface area contributed by atoms with Crippen LogP contribution in [0.4, 0.5) is 0 Å². The smallest absolute Gasteiger partial charge is 0.225 e. The Hall–Kier alpha value is -2.14. The van der Waals surface area contributed by atoms with E-state index in [2.05, 4.69) is 59.1 Å². The first kappa shape index (κ1) is 17.3. The number of nitrogens with one attached hydrogen (secondary N) is 1. The van der Waals surface area contributed by atoms with Gasteiger partial charge in [0.2, 0.25) is 5.91 Å². The largest absolute Gasteiger partial charge is 0.342 e. The molecular formula is C21H28N4O. The predicted molar refractivity (Wildman–Crippen MR) is 102 cm³/mol. The van der Waals surface area contributed by atoms with Crippen LogP contribution >= 0.6 is 0 Å². The molecular weight excluding hydrogens is 324 g/mol. The molecule has 1 N–H and O–H groups in total. The number of imidazole rings is 1. The maximum Gasteiger partial charge on any atom is 0.225 e. The lowest BCUT2D eigenvalue weighted by atomic mass is 9.85. The summed E-state index contributed by atoms with van der Waals surface area (Å²) in [6.45, 7) is 6.65. The molecule has 1 spiro atoms. The van der Waals surface area contributed by atoms with Gasteiger partial charge in [-0.3, -0.25) is 4.79 Å². The molecule has 4 rings (SSSR count). The number of piperidine rings is 1. The van der Waals surface area contributed by atoms with Crippen LogP contribution in [0, 0.1) is 5.92 Å². The number of carbonyl (C=O) groups is 1. The standard InChI is InChI=1S/C21H28N4O/c1-3-16(4-2)19(26)24-12-9-21(10-13-24)20-22-11-14-25(20)18-8-6-5-7-17(18)15-23-21/h5-8,11,14,16,23H,3-4,9-10,12-13,15H2,1-2H3. The van der Waals surface area contributed by atoms with Gasteiger partial charge in [-0.05, 0) is 37.3 Å². The molecule has 5 nitrogen and oxygen atoms in total. The van der Waals surface area contributed by atoms with Crippen molar-refractivity contribution >= 4 is 5.91 Å². The highest BCUT2D eigenvalue weighted by Crippen LogP contribution is 2.37. The van der Waals surface area contributed by atoms with Crippen molar-refractivity contribution in [2.24, 2.45) is 5.92 Å². The third-order valence-electron chi connectivity index (χ3n) is 6.20. The van der Waals surface area contributed by atoms with Gasteiger partial charge in [0, 0.05) is 37.9 Å². The van der Waals surface area contributed by atoms with Crippen molar-refractivity contribution in [1.82, 2.24) is 19.8 Å². The summed E-state index contributed by atoms with van der Waals surface area (Å²) in [7, 11) is 0. The molecule has 5 heteroatoms. The molecule has 1 aromatic carbocycles. The molecule has 0 atom stereocenters. The minimum absolute atomic E-state index is 0.159. The topological polar surface area (TPSA) is 50.2 Å². The second-order valence-electron chi connectivity index (χ2n) is 7.52. The third kappa shape index (κ3) is 2.75. The van der Waals surface area contributed by atoms with E-state index in [1.807, 2.05) is 6.20 Å². The fourth-order valence-electron chi connectivity index (χ4n) is 4.50. The van der Waals surface area contributed by atoms with E-state index >= 15 is 0 Å². The van der Waals surface area contributed by atoms with Crippen molar-refractivity contribution in [3.8, 4) is 5.69 Å². The lowest BCUT2D eigenvalue weighted by Crippen LogP contribution is -2.53. The molecule has 26 heavy (non-hydrogen) atoms. The maximum absolute atomic E-state index is 12.8. The van der Waals surface area contributed by atoms with E-state index in [9.17, 15) is 4.79 Å². The summed E-state index contributed by atoms with van der Waals surface area (Å²) in [5.41, 5.74) is 2.34. The number of aromatic nitrogens is 2. The quantitative estimate of drug-likeness (QED) is 0.923. The SMILES string of the molecule is CCC(CC)C(=O)N1CCC2(CC1)NCc1ccccc1-n1ccnc12. The zero-order chi connectivity index (χ0) is 18.1. The van der Waals surface area contributed by atoms with Crippen LogP contribution in [-0.4, -0.2) is 33.4 Å². The number of likely N-dealkylation sites (tertiary alicyclic amines) is 1. The predicted octanol–water partition coefficient (Wildman–Crippen LogP) is 3.23. The molecule has 1 amide bonds. The number of carbonyl (C=O) groups excluding carboxylic acids is 1. The van der Waals surface area contributed by atoms with Gasteiger partial charge in [0.25, 0.3) is 0 Å². The highest BCUT2D eigenvalue weighted by Gasteiger charge is 2.42. The molecule has 0 bridgehead atoms. The number of amides is 1. The van der Waals surface area contributed by atoms with E-state index in [1.165, 1.54) is 11.3 Å². The molecule has 0 unspecified atom stereocenters. The number of hydrogen-bond acceptors (Lipinski definition) is 3. The van der Waals surface area contributed by atoms with Crippen molar-refractivity contribution in [2.45, 2.75) is 51.6 Å². The Morgan fingerprint density at radius 3 is 2.69 bits per heavy atom. The van der Waals surface area contributed by atoms with Gasteiger partial charge in [0.1, 0.15) is 5.82 Å². The van der Waals surface area contributed by atoms with Crippen LogP contribution in [-0.2, 0) is 16.9 Å². The maximum atomic E-state index is 12.8. The number of hydrogen-bond donors (Lipinski definition) is 1. The van der Waals surface area contributed by atoms with E-state index in [1.54, 1.807) is 0 Å². The first-order chi connectivity index (χ1) is 12.7. The number of fused-ring (bicyclic) bond motifs is 4. The highest BCUT2D eigenvalue weighted by atomic mass is 16.2. The van der Waals surface area contributed by atoms with E-state index < -0.39 is 0 Å². The zero-order valence-electron chi connectivity index (χ0n) is 15.7. The molecule has 0 radical (unpaired) electrons. The minimum atomic E-state index is -0.159. The highest BCUT2D eigenvalue weighted by molar-refractivity contribution is 5.78. The van der Waals surface area contributed by atoms with Crippen molar-refractivity contribution in [3.63, 3.8) is 0 Å². The third-order valence-corrected chi connectivity index (χ3v) is 6.20. The zero-order valence-corrected chi connectivity index (χ0v) is 15.7. The number of benzene rings is 1. The Morgan fingerprint density at radius 1 is 1.23 bits per heavy atom. The normalized spacial score (nSPS) is 18.5. The summed E-state index contributed by atoms with van der Waals surface area (Å²) in [6.07, 6.45) is 7.62. The average molecular weight is 352 g/mol. The van der Waals surface area contributed by atoms with Gasteiger partial charge >= 0.3 is 0 Å². The molecule has 2 aliphatic heterocycles. The second-order valence-corrected chi connectivity index (χ2v) is 7.52. The summed E-state index contributed by atoms with van der Waals surface area (Å²) < 4.78 is 2.23. The van der Waals surface area contributed by atoms with Crippen LogP contribution in [0.3, 0.4) is 0 Å². The Bertz CT molecular complexity index is 785. The Kier molecular flexibility index (Phi) is 4.57. The fourth-order valence-corrected chi connectivity index (χ4v) is 4.50. The minimum Gasteiger partial charge on any atom is -0.342 e. The van der Waals surface area contributed by atoms with Gasteiger partial charge < -0.3 is 14.8 Å². The lowest BCUT2D eigenvalue weighted by Gasteiger charge is -2.42. The van der Waals surface area contributed by atoms with E-state index in [-0.39, 0.29) is 11.5 Å². The molecule has 0 aliphatic carbocycles. The molecule has 138 valence electrons. The Morgan fingerprint density at radius 2 is 1.96 bits per heavy atom. The number of para-hydroxylation sites is 1. The number of nitrogens with zero attached hydrogens (tertiary/aromatic N) is 3. The van der Waals surface area contributed by atoms with Crippen molar-refractivity contribution in [2.75, 3.05) is 13.1 Å². The van der Waals surface area contributed by atoms with Crippen LogP contribution in [0.1, 0.15) is 50.9 Å². The molecule has 1 fully saturated rings. The van der Waals surface area contributed by atoms with Crippen molar-refractivity contribution < 1.29 is 4.79 Å². The van der Waals surface area contributed by atoms with Crippen LogP contribution < -0.4 is 5.32 Å². The molecule has 0 saturated carbocycles. The van der Waals surface area contributed by atoms with Crippen LogP contribution in [0.5, 0.6) is 0 Å². The molecule has 2 aromatic rings.